The van der Waals surface area contributed by atoms with Crippen LogP contribution >= 0.6 is 11.6 Å². The Morgan fingerprint density at radius 1 is 1.23 bits per heavy atom. The van der Waals surface area contributed by atoms with Crippen LogP contribution in [0.3, 0.4) is 0 Å². The van der Waals surface area contributed by atoms with E-state index in [4.69, 9.17) is 16.6 Å². The van der Waals surface area contributed by atoms with Gasteiger partial charge >= 0.3 is 6.03 Å². The predicted molar refractivity (Wildman–Crippen MR) is 116 cm³/mol. The minimum Gasteiger partial charge on any atom is -0.346 e. The van der Waals surface area contributed by atoms with Crippen molar-refractivity contribution in [1.82, 2.24) is 30.2 Å². The lowest BCUT2D eigenvalue weighted by atomic mass is 9.81. The van der Waals surface area contributed by atoms with E-state index in [1.165, 1.54) is 0 Å². The third-order valence-corrected chi connectivity index (χ3v) is 5.73. The van der Waals surface area contributed by atoms with Gasteiger partial charge in [0.25, 0.3) is 0 Å². The van der Waals surface area contributed by atoms with Gasteiger partial charge in [-0.2, -0.15) is 0 Å². The Bertz CT molecular complexity index is 1050. The Kier molecular flexibility index (Phi) is 5.34. The van der Waals surface area contributed by atoms with Gasteiger partial charge in [0.1, 0.15) is 0 Å². The Morgan fingerprint density at radius 3 is 2.70 bits per heavy atom. The zero-order chi connectivity index (χ0) is 21.3. The van der Waals surface area contributed by atoms with Crippen molar-refractivity contribution in [2.45, 2.75) is 38.3 Å². The second-order valence-electron chi connectivity index (χ2n) is 7.94. The largest absolute Gasteiger partial charge is 0.346 e. The first-order valence-corrected chi connectivity index (χ1v) is 10.1. The second-order valence-corrected chi connectivity index (χ2v) is 8.38. The average Bonchev–Trinajstić information content (AvgIpc) is 3.39. The molecule has 8 nitrogen and oxygen atoms in total. The molecular formula is C21H24ClN7O. The van der Waals surface area contributed by atoms with E-state index in [0.29, 0.717) is 17.5 Å². The fourth-order valence-electron chi connectivity index (χ4n) is 3.44. The van der Waals surface area contributed by atoms with Gasteiger partial charge in [-0.3, -0.25) is 0 Å². The van der Waals surface area contributed by atoms with E-state index in [-0.39, 0.29) is 23.5 Å². The molecule has 0 bridgehead atoms. The normalized spacial score (nSPS) is 17.3. The van der Waals surface area contributed by atoms with Gasteiger partial charge in [0, 0.05) is 35.1 Å². The summed E-state index contributed by atoms with van der Waals surface area (Å²) in [6.45, 7) is 6.70. The van der Waals surface area contributed by atoms with E-state index in [1.54, 1.807) is 12.5 Å². The van der Waals surface area contributed by atoms with Crippen molar-refractivity contribution in [3.8, 4) is 5.69 Å². The van der Waals surface area contributed by atoms with Crippen LogP contribution < -0.4 is 16.0 Å². The van der Waals surface area contributed by atoms with Gasteiger partial charge in [0.15, 0.2) is 0 Å². The summed E-state index contributed by atoms with van der Waals surface area (Å²) < 4.78 is 1.94. The van der Waals surface area contributed by atoms with Gasteiger partial charge in [-0.05, 0) is 37.3 Å². The third-order valence-electron chi connectivity index (χ3n) is 5.48. The summed E-state index contributed by atoms with van der Waals surface area (Å²) in [5.74, 6) is 0.520. The van der Waals surface area contributed by atoms with Crippen molar-refractivity contribution in [2.75, 3.05) is 11.9 Å². The first kappa shape index (κ1) is 20.2. The van der Waals surface area contributed by atoms with Crippen molar-refractivity contribution in [2.24, 2.45) is 0 Å². The maximum atomic E-state index is 11.5. The average molecular weight is 426 g/mol. The summed E-state index contributed by atoms with van der Waals surface area (Å²) in [6, 6.07) is 9.18. The molecular weight excluding hydrogens is 402 g/mol. The van der Waals surface area contributed by atoms with Crippen LogP contribution in [0.25, 0.3) is 5.69 Å². The lowest BCUT2D eigenvalue weighted by Gasteiger charge is -2.30. The number of benzene rings is 1. The number of carbonyl (C=O) groups excluding carboxylic acids is 1. The maximum Gasteiger partial charge on any atom is 0.315 e. The van der Waals surface area contributed by atoms with Crippen molar-refractivity contribution >= 4 is 23.6 Å². The highest BCUT2D eigenvalue weighted by molar-refractivity contribution is 6.30. The summed E-state index contributed by atoms with van der Waals surface area (Å²) in [5.41, 5.74) is 2.36. The molecule has 30 heavy (non-hydrogen) atoms. The van der Waals surface area contributed by atoms with E-state index in [0.717, 1.165) is 17.1 Å². The van der Waals surface area contributed by atoms with E-state index >= 15 is 0 Å². The minimum absolute atomic E-state index is 0.0414. The van der Waals surface area contributed by atoms with E-state index < -0.39 is 0 Å². The topological polar surface area (TPSA) is 96.8 Å². The molecule has 0 aliphatic carbocycles. The predicted octanol–water partition coefficient (Wildman–Crippen LogP) is 3.45. The third kappa shape index (κ3) is 4.09. The molecule has 156 valence electrons. The molecule has 3 N–H and O–H groups in total. The number of nitrogens with one attached hydrogen (secondary N) is 3. The van der Waals surface area contributed by atoms with Crippen LogP contribution in [0, 0.1) is 0 Å². The van der Waals surface area contributed by atoms with Crippen LogP contribution in [-0.4, -0.2) is 38.1 Å². The summed E-state index contributed by atoms with van der Waals surface area (Å²) >= 11 is 5.97. The highest BCUT2D eigenvalue weighted by atomic mass is 35.5. The molecule has 2 atom stereocenters. The number of carbonyl (C=O) groups is 1. The number of hydrogen-bond donors (Lipinski definition) is 3. The molecule has 2 amide bonds. The number of hydrogen-bond acceptors (Lipinski definition) is 5. The minimum atomic E-state index is -0.349. The Morgan fingerprint density at radius 2 is 2.00 bits per heavy atom. The summed E-state index contributed by atoms with van der Waals surface area (Å²) in [6.07, 6.45) is 5.47. The Balaban J connectivity index is 1.49. The summed E-state index contributed by atoms with van der Waals surface area (Å²) in [7, 11) is 0. The van der Waals surface area contributed by atoms with Crippen LogP contribution in [0.4, 0.5) is 10.7 Å². The fraction of sp³-hybridized carbons (Fsp3) is 0.333. The SMILES string of the molecule is C[C@H](Nc1nccc(C(C)(C)C2CNC(=O)N2)n1)c1cn(-c2ccc(Cl)cc2)cn1. The number of amides is 2. The van der Waals surface area contributed by atoms with Crippen molar-refractivity contribution in [3.05, 3.63) is 65.5 Å². The lowest BCUT2D eigenvalue weighted by Crippen LogP contribution is -2.44. The fourth-order valence-corrected chi connectivity index (χ4v) is 3.57. The number of anilines is 1. The second kappa shape index (κ2) is 7.95. The molecule has 3 heterocycles. The standard InChI is InChI=1S/C21H24ClN7O/c1-13(16-11-29(12-25-16)15-6-4-14(22)5-7-15)26-19-23-9-8-17(27-19)21(2,3)18-10-24-20(30)28-18/h4-9,11-13,18H,10H2,1-3H3,(H,23,26,27)(H2,24,28,30)/t13-,18?/m0/s1. The van der Waals surface area contributed by atoms with E-state index in [1.807, 2.05) is 48.0 Å². The number of imidazole rings is 1. The van der Waals surface area contributed by atoms with Gasteiger partial charge < -0.3 is 20.5 Å². The van der Waals surface area contributed by atoms with E-state index in [9.17, 15) is 4.79 Å². The van der Waals surface area contributed by atoms with Crippen LogP contribution in [0.5, 0.6) is 0 Å². The van der Waals surface area contributed by atoms with Gasteiger partial charge in [0.05, 0.1) is 29.8 Å². The molecule has 1 aliphatic heterocycles. The van der Waals surface area contributed by atoms with E-state index in [2.05, 4.69) is 39.8 Å². The van der Waals surface area contributed by atoms with Gasteiger partial charge in [-0.15, -0.1) is 0 Å². The molecule has 2 aromatic heterocycles. The molecule has 4 rings (SSSR count). The molecule has 1 fully saturated rings. The van der Waals surface area contributed by atoms with Gasteiger partial charge in [-0.25, -0.2) is 19.7 Å². The lowest BCUT2D eigenvalue weighted by molar-refractivity contribution is 0.245. The molecule has 3 aromatic rings. The van der Waals surface area contributed by atoms with Gasteiger partial charge in [-0.1, -0.05) is 25.4 Å². The molecule has 9 heteroatoms. The van der Waals surface area contributed by atoms with Crippen LogP contribution in [0.15, 0.2) is 49.1 Å². The number of rotatable bonds is 6. The highest BCUT2D eigenvalue weighted by Crippen LogP contribution is 2.28. The molecule has 0 radical (unpaired) electrons. The molecule has 0 spiro atoms. The zero-order valence-corrected chi connectivity index (χ0v) is 17.8. The molecule has 1 saturated heterocycles. The van der Waals surface area contributed by atoms with Crippen LogP contribution in [0.2, 0.25) is 5.02 Å². The summed E-state index contributed by atoms with van der Waals surface area (Å²) in [5, 5.41) is 9.77. The van der Waals surface area contributed by atoms with Crippen molar-refractivity contribution in [1.29, 1.82) is 0 Å². The highest BCUT2D eigenvalue weighted by Gasteiger charge is 2.37. The number of urea groups is 1. The number of aromatic nitrogens is 4. The Hall–Kier alpha value is -3.13. The smallest absolute Gasteiger partial charge is 0.315 e. The maximum absolute atomic E-state index is 11.5. The Labute approximate surface area is 180 Å². The molecule has 1 aliphatic rings. The number of halogens is 1. The molecule has 1 unspecified atom stereocenters. The summed E-state index contributed by atoms with van der Waals surface area (Å²) in [4.78, 5) is 25.1. The monoisotopic (exact) mass is 425 g/mol. The first-order valence-electron chi connectivity index (χ1n) is 9.77. The first-order chi connectivity index (χ1) is 14.3. The number of nitrogens with zero attached hydrogens (tertiary/aromatic N) is 4. The zero-order valence-electron chi connectivity index (χ0n) is 17.1. The van der Waals surface area contributed by atoms with Crippen molar-refractivity contribution in [3.63, 3.8) is 0 Å². The van der Waals surface area contributed by atoms with Crippen LogP contribution in [-0.2, 0) is 5.41 Å². The molecule has 1 aromatic carbocycles. The quantitative estimate of drug-likeness (QED) is 0.562. The molecule has 0 saturated carbocycles. The van der Waals surface area contributed by atoms with Crippen molar-refractivity contribution < 1.29 is 4.79 Å². The van der Waals surface area contributed by atoms with Gasteiger partial charge in [0.2, 0.25) is 5.95 Å². The van der Waals surface area contributed by atoms with Crippen LogP contribution in [0.1, 0.15) is 38.2 Å².